The van der Waals surface area contributed by atoms with Crippen LogP contribution >= 0.6 is 12.4 Å². The lowest BCUT2D eigenvalue weighted by molar-refractivity contribution is 0.0633. The highest BCUT2D eigenvalue weighted by Crippen LogP contribution is 2.36. The van der Waals surface area contributed by atoms with Crippen molar-refractivity contribution in [2.45, 2.75) is 25.7 Å². The average molecular weight is 367 g/mol. The first-order valence-corrected chi connectivity index (χ1v) is 9.21. The second-order valence-corrected chi connectivity index (χ2v) is 7.05. The van der Waals surface area contributed by atoms with E-state index in [1.807, 2.05) is 23.1 Å². The van der Waals surface area contributed by atoms with Gasteiger partial charge in [-0.15, -0.1) is 12.4 Å². The molecule has 2 fully saturated rings. The van der Waals surface area contributed by atoms with Crippen molar-refractivity contribution < 1.29 is 14.3 Å². The average Bonchev–Trinajstić information content (AvgIpc) is 2.68. The lowest BCUT2D eigenvalue weighted by Crippen LogP contribution is -2.42. The van der Waals surface area contributed by atoms with Crippen LogP contribution < -0.4 is 14.8 Å². The SMILES string of the molecule is Cl.O=C(c1cccc2c1OCCO2)N1CCC(C2CCNCC2)CC1. The zero-order valence-corrected chi connectivity index (χ0v) is 15.4. The van der Waals surface area contributed by atoms with Gasteiger partial charge in [0.2, 0.25) is 0 Å². The summed E-state index contributed by atoms with van der Waals surface area (Å²) in [6.45, 7) is 5.08. The molecule has 5 nitrogen and oxygen atoms in total. The van der Waals surface area contributed by atoms with E-state index in [4.69, 9.17) is 9.47 Å². The van der Waals surface area contributed by atoms with E-state index in [1.165, 1.54) is 12.8 Å². The van der Waals surface area contributed by atoms with E-state index in [9.17, 15) is 4.79 Å². The van der Waals surface area contributed by atoms with Crippen molar-refractivity contribution in [2.75, 3.05) is 39.4 Å². The molecule has 2 saturated heterocycles. The van der Waals surface area contributed by atoms with Crippen molar-refractivity contribution in [1.29, 1.82) is 0 Å². The van der Waals surface area contributed by atoms with Crippen LogP contribution in [-0.2, 0) is 0 Å². The van der Waals surface area contributed by atoms with E-state index in [-0.39, 0.29) is 18.3 Å². The fourth-order valence-corrected chi connectivity index (χ4v) is 4.30. The maximum absolute atomic E-state index is 12.9. The first kappa shape index (κ1) is 18.3. The van der Waals surface area contributed by atoms with Gasteiger partial charge >= 0.3 is 0 Å². The largest absolute Gasteiger partial charge is 0.486 e. The minimum Gasteiger partial charge on any atom is -0.486 e. The summed E-state index contributed by atoms with van der Waals surface area (Å²) in [6, 6.07) is 5.60. The third kappa shape index (κ3) is 3.87. The van der Waals surface area contributed by atoms with Crippen LogP contribution in [0.2, 0.25) is 0 Å². The summed E-state index contributed by atoms with van der Waals surface area (Å²) in [7, 11) is 0. The summed E-state index contributed by atoms with van der Waals surface area (Å²) in [5.41, 5.74) is 0.646. The number of hydrogen-bond donors (Lipinski definition) is 1. The fourth-order valence-electron chi connectivity index (χ4n) is 4.30. The minimum atomic E-state index is 0. The molecule has 0 atom stereocenters. The summed E-state index contributed by atoms with van der Waals surface area (Å²) in [5.74, 6) is 3.01. The minimum absolute atomic E-state index is 0. The van der Waals surface area contributed by atoms with Crippen molar-refractivity contribution in [3.05, 3.63) is 23.8 Å². The molecule has 0 aromatic heterocycles. The lowest BCUT2D eigenvalue weighted by Gasteiger charge is -2.38. The third-order valence-corrected chi connectivity index (χ3v) is 5.67. The van der Waals surface area contributed by atoms with Gasteiger partial charge in [-0.3, -0.25) is 4.79 Å². The lowest BCUT2D eigenvalue weighted by atomic mass is 9.79. The van der Waals surface area contributed by atoms with Gasteiger partial charge in [0.15, 0.2) is 11.5 Å². The summed E-state index contributed by atoms with van der Waals surface area (Å²) in [6.07, 6.45) is 4.83. The molecule has 3 heterocycles. The van der Waals surface area contributed by atoms with Crippen LogP contribution in [0.5, 0.6) is 11.5 Å². The zero-order valence-electron chi connectivity index (χ0n) is 14.5. The highest BCUT2D eigenvalue weighted by molar-refractivity contribution is 5.98. The molecular formula is C19H27ClN2O3. The molecule has 0 radical (unpaired) electrons. The number of piperidine rings is 2. The predicted octanol–water partition coefficient (Wildman–Crippen LogP) is 2.73. The Kier molecular flexibility index (Phi) is 6.07. The molecular weight excluding hydrogens is 340 g/mol. The van der Waals surface area contributed by atoms with E-state index in [2.05, 4.69) is 5.32 Å². The maximum Gasteiger partial charge on any atom is 0.257 e. The van der Waals surface area contributed by atoms with E-state index in [0.717, 1.165) is 50.9 Å². The van der Waals surface area contributed by atoms with Gasteiger partial charge in [-0.1, -0.05) is 6.07 Å². The Morgan fingerprint density at radius 2 is 1.68 bits per heavy atom. The van der Waals surface area contributed by atoms with Gasteiger partial charge in [-0.2, -0.15) is 0 Å². The highest BCUT2D eigenvalue weighted by Gasteiger charge is 2.31. The Balaban J connectivity index is 0.00000182. The van der Waals surface area contributed by atoms with E-state index in [0.29, 0.717) is 30.3 Å². The monoisotopic (exact) mass is 366 g/mol. The quantitative estimate of drug-likeness (QED) is 0.874. The standard InChI is InChI=1S/C19H26N2O3.ClH/c22-19(16-2-1-3-17-18(16)24-13-12-23-17)21-10-6-15(7-11-21)14-4-8-20-9-5-14;/h1-3,14-15,20H,4-13H2;1H. The Morgan fingerprint density at radius 1 is 1.00 bits per heavy atom. The number of para-hydroxylation sites is 1. The van der Waals surface area contributed by atoms with Crippen LogP contribution in [0.1, 0.15) is 36.0 Å². The number of nitrogens with zero attached hydrogens (tertiary/aromatic N) is 1. The van der Waals surface area contributed by atoms with Gasteiger partial charge < -0.3 is 19.7 Å². The van der Waals surface area contributed by atoms with Crippen LogP contribution in [0, 0.1) is 11.8 Å². The number of carbonyl (C=O) groups is 1. The Hall–Kier alpha value is -1.46. The molecule has 4 rings (SSSR count). The van der Waals surface area contributed by atoms with Crippen molar-refractivity contribution >= 4 is 18.3 Å². The Morgan fingerprint density at radius 3 is 2.44 bits per heavy atom. The number of amides is 1. The molecule has 3 aliphatic heterocycles. The van der Waals surface area contributed by atoms with Gasteiger partial charge in [0.1, 0.15) is 13.2 Å². The molecule has 6 heteroatoms. The van der Waals surface area contributed by atoms with E-state index in [1.54, 1.807) is 0 Å². The molecule has 0 aliphatic carbocycles. The number of likely N-dealkylation sites (tertiary alicyclic amines) is 1. The fraction of sp³-hybridized carbons (Fsp3) is 0.632. The van der Waals surface area contributed by atoms with Gasteiger partial charge in [0, 0.05) is 13.1 Å². The van der Waals surface area contributed by atoms with Gasteiger partial charge in [-0.25, -0.2) is 0 Å². The molecule has 1 N–H and O–H groups in total. The Bertz CT molecular complexity index is 596. The van der Waals surface area contributed by atoms with Crippen LogP contribution in [0.4, 0.5) is 0 Å². The normalized spacial score (nSPS) is 21.5. The van der Waals surface area contributed by atoms with Crippen molar-refractivity contribution in [3.63, 3.8) is 0 Å². The Labute approximate surface area is 155 Å². The van der Waals surface area contributed by atoms with Crippen LogP contribution in [0.3, 0.4) is 0 Å². The molecule has 0 saturated carbocycles. The number of ether oxygens (including phenoxy) is 2. The van der Waals surface area contributed by atoms with Crippen LogP contribution in [0.25, 0.3) is 0 Å². The second kappa shape index (κ2) is 8.28. The highest BCUT2D eigenvalue weighted by atomic mass is 35.5. The van der Waals surface area contributed by atoms with Crippen LogP contribution in [0.15, 0.2) is 18.2 Å². The van der Waals surface area contributed by atoms with Gasteiger partial charge in [0.05, 0.1) is 5.56 Å². The molecule has 1 aromatic rings. The van der Waals surface area contributed by atoms with Crippen molar-refractivity contribution in [1.82, 2.24) is 10.2 Å². The van der Waals surface area contributed by atoms with Crippen LogP contribution in [-0.4, -0.2) is 50.2 Å². The summed E-state index contributed by atoms with van der Waals surface area (Å²) in [4.78, 5) is 14.9. The third-order valence-electron chi connectivity index (χ3n) is 5.67. The molecule has 0 unspecified atom stereocenters. The number of hydrogen-bond acceptors (Lipinski definition) is 4. The predicted molar refractivity (Wildman–Crippen MR) is 98.9 cm³/mol. The van der Waals surface area contributed by atoms with E-state index >= 15 is 0 Å². The first-order valence-electron chi connectivity index (χ1n) is 9.21. The number of nitrogens with one attached hydrogen (secondary N) is 1. The molecule has 138 valence electrons. The van der Waals surface area contributed by atoms with E-state index < -0.39 is 0 Å². The summed E-state index contributed by atoms with van der Waals surface area (Å²) < 4.78 is 11.3. The number of rotatable bonds is 2. The first-order chi connectivity index (χ1) is 11.8. The summed E-state index contributed by atoms with van der Waals surface area (Å²) >= 11 is 0. The number of halogens is 1. The van der Waals surface area contributed by atoms with Crippen molar-refractivity contribution in [2.24, 2.45) is 11.8 Å². The molecule has 25 heavy (non-hydrogen) atoms. The molecule has 0 bridgehead atoms. The maximum atomic E-state index is 12.9. The van der Waals surface area contributed by atoms with Crippen molar-refractivity contribution in [3.8, 4) is 11.5 Å². The smallest absolute Gasteiger partial charge is 0.257 e. The topological polar surface area (TPSA) is 50.8 Å². The van der Waals surface area contributed by atoms with Gasteiger partial charge in [0.25, 0.3) is 5.91 Å². The summed E-state index contributed by atoms with van der Waals surface area (Å²) in [5, 5.41) is 3.44. The van der Waals surface area contributed by atoms with Gasteiger partial charge in [-0.05, 0) is 62.7 Å². The number of fused-ring (bicyclic) bond motifs is 1. The number of carbonyl (C=O) groups excluding carboxylic acids is 1. The zero-order chi connectivity index (χ0) is 16.4. The molecule has 3 aliphatic rings. The molecule has 1 aromatic carbocycles. The second-order valence-electron chi connectivity index (χ2n) is 7.05. The molecule has 0 spiro atoms. The number of benzene rings is 1. The molecule has 1 amide bonds.